The summed E-state index contributed by atoms with van der Waals surface area (Å²) >= 11 is 6.01. The minimum absolute atomic E-state index is 0.0418. The van der Waals surface area contributed by atoms with Crippen LogP contribution in [0.4, 0.5) is 24.7 Å². The highest BCUT2D eigenvalue weighted by molar-refractivity contribution is 7.92. The first-order chi connectivity index (χ1) is 16.8. The molecule has 0 unspecified atom stereocenters. The van der Waals surface area contributed by atoms with E-state index in [0.29, 0.717) is 11.6 Å². The number of aliphatic carboxylic acids is 1. The van der Waals surface area contributed by atoms with Crippen LogP contribution in [0.15, 0.2) is 35.4 Å². The average Bonchev–Trinajstić information content (AvgIpc) is 3.08. The second-order valence-electron chi connectivity index (χ2n) is 7.51. The number of carboxylic acids is 2. The number of carbonyl (C=O) groups is 2. The van der Waals surface area contributed by atoms with Crippen LogP contribution in [0.25, 0.3) is 0 Å². The molecule has 36 heavy (non-hydrogen) atoms. The molecule has 0 radical (unpaired) electrons. The van der Waals surface area contributed by atoms with Crippen molar-refractivity contribution in [2.75, 3.05) is 29.8 Å². The Morgan fingerprint density at radius 3 is 2.17 bits per heavy atom. The van der Waals surface area contributed by atoms with Crippen molar-refractivity contribution in [3.05, 3.63) is 41.0 Å². The van der Waals surface area contributed by atoms with Crippen LogP contribution in [0, 0.1) is 0 Å². The molecule has 198 valence electrons. The lowest BCUT2D eigenvalue weighted by atomic mass is 10.2. The molecule has 0 atom stereocenters. The van der Waals surface area contributed by atoms with E-state index in [2.05, 4.69) is 9.71 Å². The SMILES string of the molecule is COc1ccc(S(=O)(=O)Nc2cnc(N3CCCCCC3)c(C(=O)O)c2)cc1Cl.O=C(O)C(F)(F)F. The fraction of sp³-hybridized carbons (Fsp3) is 0.381. The van der Waals surface area contributed by atoms with Crippen LogP contribution in [0.2, 0.25) is 5.02 Å². The van der Waals surface area contributed by atoms with Gasteiger partial charge in [0.05, 0.1) is 28.9 Å². The van der Waals surface area contributed by atoms with Crippen molar-refractivity contribution in [2.24, 2.45) is 0 Å². The number of hydrogen-bond donors (Lipinski definition) is 3. The van der Waals surface area contributed by atoms with Gasteiger partial charge in [-0.3, -0.25) is 4.72 Å². The minimum Gasteiger partial charge on any atom is -0.495 e. The van der Waals surface area contributed by atoms with E-state index in [-0.39, 0.29) is 21.2 Å². The predicted molar refractivity (Wildman–Crippen MR) is 124 cm³/mol. The number of sulfonamides is 1. The van der Waals surface area contributed by atoms with Crippen LogP contribution in [0.1, 0.15) is 36.0 Å². The summed E-state index contributed by atoms with van der Waals surface area (Å²) in [5.41, 5.74) is 0.0211. The number of benzene rings is 1. The minimum atomic E-state index is -5.08. The van der Waals surface area contributed by atoms with Gasteiger partial charge in [0.15, 0.2) is 0 Å². The molecule has 0 saturated carbocycles. The highest BCUT2D eigenvalue weighted by atomic mass is 35.5. The molecular weight excluding hydrogens is 531 g/mol. The molecule has 1 aromatic heterocycles. The van der Waals surface area contributed by atoms with Gasteiger partial charge in [-0.2, -0.15) is 13.2 Å². The summed E-state index contributed by atoms with van der Waals surface area (Å²) in [4.78, 5) is 26.8. The number of nitrogens with zero attached hydrogens (tertiary/aromatic N) is 2. The lowest BCUT2D eigenvalue weighted by Gasteiger charge is -2.23. The Morgan fingerprint density at radius 1 is 1.11 bits per heavy atom. The second-order valence-corrected chi connectivity index (χ2v) is 9.60. The Balaban J connectivity index is 0.000000572. The number of ether oxygens (including phenoxy) is 1. The summed E-state index contributed by atoms with van der Waals surface area (Å²) in [6.07, 6.45) is 0.373. The number of rotatable bonds is 6. The third kappa shape index (κ3) is 7.88. The van der Waals surface area contributed by atoms with Crippen LogP contribution in [-0.4, -0.2) is 61.9 Å². The van der Waals surface area contributed by atoms with Gasteiger partial charge in [0.25, 0.3) is 10.0 Å². The van der Waals surface area contributed by atoms with Gasteiger partial charge in [-0.25, -0.2) is 23.0 Å². The topological polar surface area (TPSA) is 146 Å². The molecule has 10 nitrogen and oxygen atoms in total. The number of aromatic nitrogens is 1. The number of methoxy groups -OCH3 is 1. The molecule has 1 fully saturated rings. The van der Waals surface area contributed by atoms with Gasteiger partial charge in [-0.1, -0.05) is 24.4 Å². The molecule has 0 aliphatic carbocycles. The van der Waals surface area contributed by atoms with Gasteiger partial charge in [-0.15, -0.1) is 0 Å². The first-order valence-corrected chi connectivity index (χ1v) is 12.3. The molecule has 15 heteroatoms. The van der Waals surface area contributed by atoms with Gasteiger partial charge >= 0.3 is 18.1 Å². The maximum absolute atomic E-state index is 12.7. The highest BCUT2D eigenvalue weighted by Gasteiger charge is 2.38. The van der Waals surface area contributed by atoms with Crippen molar-refractivity contribution in [3.8, 4) is 5.75 Å². The Morgan fingerprint density at radius 2 is 1.69 bits per heavy atom. The zero-order valence-corrected chi connectivity index (χ0v) is 20.5. The zero-order chi connectivity index (χ0) is 27.1. The standard InChI is InChI=1S/C19H22ClN3O5S.C2HF3O2/c1-28-17-7-6-14(11-16(17)20)29(26,27)22-13-10-15(19(24)25)18(21-12-13)23-8-4-2-3-5-9-23;3-2(4,5)1(6)7/h6-7,10-12,22H,2-5,8-9H2,1H3,(H,24,25);(H,6,7). The number of carboxylic acid groups (broad SMARTS) is 2. The number of halogens is 4. The maximum Gasteiger partial charge on any atom is 0.490 e. The van der Waals surface area contributed by atoms with Crippen LogP contribution >= 0.6 is 11.6 Å². The zero-order valence-electron chi connectivity index (χ0n) is 18.9. The number of alkyl halides is 3. The van der Waals surface area contributed by atoms with E-state index in [0.717, 1.165) is 38.8 Å². The van der Waals surface area contributed by atoms with E-state index in [9.17, 15) is 31.5 Å². The fourth-order valence-corrected chi connectivity index (χ4v) is 4.62. The van der Waals surface area contributed by atoms with Crippen LogP contribution in [0.3, 0.4) is 0 Å². The van der Waals surface area contributed by atoms with Crippen LogP contribution in [0.5, 0.6) is 5.75 Å². The number of aromatic carboxylic acids is 1. The van der Waals surface area contributed by atoms with Crippen molar-refractivity contribution in [1.82, 2.24) is 4.98 Å². The Kier molecular flexibility index (Phi) is 9.76. The van der Waals surface area contributed by atoms with Crippen molar-refractivity contribution in [1.29, 1.82) is 0 Å². The van der Waals surface area contributed by atoms with E-state index in [1.54, 1.807) is 0 Å². The molecule has 3 N–H and O–H groups in total. The third-order valence-corrected chi connectivity index (χ3v) is 6.61. The van der Waals surface area contributed by atoms with Gasteiger partial charge in [0.1, 0.15) is 17.1 Å². The molecule has 0 spiro atoms. The molecule has 1 saturated heterocycles. The third-order valence-electron chi connectivity index (χ3n) is 4.93. The monoisotopic (exact) mass is 553 g/mol. The first-order valence-electron chi connectivity index (χ1n) is 10.4. The summed E-state index contributed by atoms with van der Waals surface area (Å²) in [5, 5.41) is 16.9. The van der Waals surface area contributed by atoms with Gasteiger partial charge in [-0.05, 0) is 37.1 Å². The van der Waals surface area contributed by atoms with Crippen molar-refractivity contribution in [3.63, 3.8) is 0 Å². The molecule has 0 amide bonds. The lowest BCUT2D eigenvalue weighted by Crippen LogP contribution is -2.27. The van der Waals surface area contributed by atoms with E-state index in [1.807, 2.05) is 4.90 Å². The molecule has 1 aromatic carbocycles. The van der Waals surface area contributed by atoms with E-state index in [4.69, 9.17) is 26.2 Å². The van der Waals surface area contributed by atoms with E-state index < -0.39 is 28.1 Å². The average molecular weight is 554 g/mol. The predicted octanol–water partition coefficient (Wildman–Crippen LogP) is 4.26. The van der Waals surface area contributed by atoms with Gasteiger partial charge < -0.3 is 19.8 Å². The molecule has 1 aliphatic rings. The fourth-order valence-electron chi connectivity index (χ4n) is 3.23. The van der Waals surface area contributed by atoms with E-state index in [1.165, 1.54) is 37.6 Å². The summed E-state index contributed by atoms with van der Waals surface area (Å²) < 4.78 is 64.5. The number of hydrogen-bond acceptors (Lipinski definition) is 7. The highest BCUT2D eigenvalue weighted by Crippen LogP contribution is 2.29. The van der Waals surface area contributed by atoms with Gasteiger partial charge in [0.2, 0.25) is 0 Å². The largest absolute Gasteiger partial charge is 0.495 e. The summed E-state index contributed by atoms with van der Waals surface area (Å²) in [6, 6.07) is 5.35. The molecule has 2 heterocycles. The lowest BCUT2D eigenvalue weighted by molar-refractivity contribution is -0.192. The molecule has 1 aliphatic heterocycles. The summed E-state index contributed by atoms with van der Waals surface area (Å²) in [5.74, 6) is -3.21. The second kappa shape index (κ2) is 12.1. The smallest absolute Gasteiger partial charge is 0.490 e. The molecular formula is C21H23ClF3N3O7S. The molecule has 3 rings (SSSR count). The van der Waals surface area contributed by atoms with Crippen LogP contribution in [-0.2, 0) is 14.8 Å². The summed E-state index contributed by atoms with van der Waals surface area (Å²) in [7, 11) is -2.55. The van der Waals surface area contributed by atoms with Crippen LogP contribution < -0.4 is 14.4 Å². The summed E-state index contributed by atoms with van der Waals surface area (Å²) in [6.45, 7) is 1.45. The van der Waals surface area contributed by atoms with E-state index >= 15 is 0 Å². The number of anilines is 2. The molecule has 2 aromatic rings. The quantitative estimate of drug-likeness (QED) is 0.477. The number of pyridine rings is 1. The van der Waals surface area contributed by atoms with Gasteiger partial charge in [0, 0.05) is 13.1 Å². The normalized spacial score (nSPS) is 14.2. The van der Waals surface area contributed by atoms with Crippen molar-refractivity contribution >= 4 is 45.1 Å². The van der Waals surface area contributed by atoms with Crippen molar-refractivity contribution in [2.45, 2.75) is 36.8 Å². The Hall–Kier alpha value is -3.26. The molecule has 0 bridgehead atoms. The van der Waals surface area contributed by atoms with Crippen molar-refractivity contribution < 1.29 is 46.1 Å². The Bertz CT molecular complexity index is 1200. The Labute approximate surface area is 209 Å². The maximum atomic E-state index is 12.7. The number of nitrogens with one attached hydrogen (secondary N) is 1. The first kappa shape index (κ1) is 29.0.